The molecule has 3 fully saturated rings. The van der Waals surface area contributed by atoms with Crippen molar-refractivity contribution in [2.24, 2.45) is 5.41 Å². The molecule has 0 N–H and O–H groups in total. The summed E-state index contributed by atoms with van der Waals surface area (Å²) in [6.45, 7) is 8.52. The van der Waals surface area contributed by atoms with E-state index in [1.165, 1.54) is 0 Å². The summed E-state index contributed by atoms with van der Waals surface area (Å²) in [6.07, 6.45) is 5.12. The maximum atomic E-state index is 13.1. The van der Waals surface area contributed by atoms with Crippen molar-refractivity contribution in [2.75, 3.05) is 59.0 Å². The Morgan fingerprint density at radius 1 is 1.00 bits per heavy atom. The second-order valence-corrected chi connectivity index (χ2v) is 8.63. The Labute approximate surface area is 170 Å². The average molecular weight is 413 g/mol. The molecule has 148 valence electrons. The highest BCUT2D eigenvalue weighted by Gasteiger charge is 2.50. The number of rotatable bonds is 5. The smallest absolute Gasteiger partial charge is 0.230 e. The standard InChI is InChI=1S/C19H26Cl2N4O2/c20-16-11-22-12-17(21)15(16)13-24-3-1-19(14-24)2-4-25(18(19)26)6-5-23-7-9-27-10-8-23/h11-12H,1-10,13-14H2. The second kappa shape index (κ2) is 8.21. The third kappa shape index (κ3) is 4.10. The highest BCUT2D eigenvalue weighted by atomic mass is 35.5. The molecule has 1 amide bonds. The fraction of sp³-hybridized carbons (Fsp3) is 0.684. The van der Waals surface area contributed by atoms with Gasteiger partial charge in [-0.2, -0.15) is 0 Å². The minimum atomic E-state index is -0.225. The molecule has 3 saturated heterocycles. The molecule has 0 bridgehead atoms. The van der Waals surface area contributed by atoms with Crippen molar-refractivity contribution >= 4 is 29.1 Å². The first-order valence-corrected chi connectivity index (χ1v) is 10.4. The maximum Gasteiger partial charge on any atom is 0.230 e. The highest BCUT2D eigenvalue weighted by molar-refractivity contribution is 6.35. The summed E-state index contributed by atoms with van der Waals surface area (Å²) in [5, 5.41) is 1.18. The van der Waals surface area contributed by atoms with Crippen molar-refractivity contribution in [2.45, 2.75) is 19.4 Å². The van der Waals surface area contributed by atoms with Crippen LogP contribution in [0.5, 0.6) is 0 Å². The van der Waals surface area contributed by atoms with Gasteiger partial charge in [-0.1, -0.05) is 23.2 Å². The van der Waals surface area contributed by atoms with Crippen LogP contribution in [0.15, 0.2) is 12.4 Å². The molecular formula is C19H26Cl2N4O2. The van der Waals surface area contributed by atoms with E-state index < -0.39 is 0 Å². The van der Waals surface area contributed by atoms with Gasteiger partial charge in [0, 0.05) is 63.8 Å². The molecule has 3 aliphatic rings. The maximum absolute atomic E-state index is 13.1. The molecule has 27 heavy (non-hydrogen) atoms. The van der Waals surface area contributed by atoms with Crippen LogP contribution in [0.25, 0.3) is 0 Å². The first-order valence-electron chi connectivity index (χ1n) is 9.67. The van der Waals surface area contributed by atoms with Gasteiger partial charge in [-0.15, -0.1) is 0 Å². The Morgan fingerprint density at radius 2 is 1.70 bits per heavy atom. The van der Waals surface area contributed by atoms with Crippen molar-refractivity contribution in [3.63, 3.8) is 0 Å². The monoisotopic (exact) mass is 412 g/mol. The molecule has 0 radical (unpaired) electrons. The zero-order valence-corrected chi connectivity index (χ0v) is 17.0. The van der Waals surface area contributed by atoms with E-state index in [1.807, 2.05) is 0 Å². The number of likely N-dealkylation sites (tertiary alicyclic amines) is 2. The summed E-state index contributed by atoms with van der Waals surface area (Å²) < 4.78 is 5.40. The molecular weight excluding hydrogens is 387 g/mol. The molecule has 6 nitrogen and oxygen atoms in total. The lowest BCUT2D eigenvalue weighted by molar-refractivity contribution is -0.135. The Bertz CT molecular complexity index is 678. The molecule has 1 atom stereocenters. The molecule has 1 spiro atoms. The summed E-state index contributed by atoms with van der Waals surface area (Å²) in [6, 6.07) is 0. The molecule has 1 aromatic heterocycles. The van der Waals surface area contributed by atoms with Crippen LogP contribution in [0.2, 0.25) is 10.0 Å². The van der Waals surface area contributed by atoms with Gasteiger partial charge in [0.05, 0.1) is 28.7 Å². The molecule has 4 heterocycles. The van der Waals surface area contributed by atoms with E-state index in [-0.39, 0.29) is 5.41 Å². The lowest BCUT2D eigenvalue weighted by Gasteiger charge is -2.29. The summed E-state index contributed by atoms with van der Waals surface area (Å²) in [5.74, 6) is 0.324. The summed E-state index contributed by atoms with van der Waals surface area (Å²) in [7, 11) is 0. The number of halogens is 2. The summed E-state index contributed by atoms with van der Waals surface area (Å²) in [4.78, 5) is 23.9. The van der Waals surface area contributed by atoms with Crippen molar-refractivity contribution in [3.05, 3.63) is 28.0 Å². The minimum Gasteiger partial charge on any atom is -0.379 e. The van der Waals surface area contributed by atoms with E-state index in [4.69, 9.17) is 27.9 Å². The molecule has 0 saturated carbocycles. The predicted molar refractivity (Wildman–Crippen MR) is 105 cm³/mol. The molecule has 1 unspecified atom stereocenters. The van der Waals surface area contributed by atoms with Crippen LogP contribution in [0.1, 0.15) is 18.4 Å². The van der Waals surface area contributed by atoms with Crippen LogP contribution in [0.3, 0.4) is 0 Å². The number of nitrogens with zero attached hydrogens (tertiary/aromatic N) is 4. The van der Waals surface area contributed by atoms with Gasteiger partial charge >= 0.3 is 0 Å². The quantitative estimate of drug-likeness (QED) is 0.741. The topological polar surface area (TPSA) is 48.9 Å². The molecule has 8 heteroatoms. The Kier molecular flexibility index (Phi) is 5.90. The number of hydrogen-bond acceptors (Lipinski definition) is 5. The SMILES string of the molecule is O=C1N(CCN2CCOCC2)CCC12CCN(Cc1c(Cl)cncc1Cl)C2. The Hall–Kier alpha value is -0.920. The molecule has 0 aliphatic carbocycles. The van der Waals surface area contributed by atoms with Gasteiger partial charge in [0.1, 0.15) is 0 Å². The number of aromatic nitrogens is 1. The first-order chi connectivity index (χ1) is 13.1. The van der Waals surface area contributed by atoms with Crippen LogP contribution in [0, 0.1) is 5.41 Å². The van der Waals surface area contributed by atoms with E-state index >= 15 is 0 Å². The van der Waals surface area contributed by atoms with Gasteiger partial charge < -0.3 is 9.64 Å². The van der Waals surface area contributed by atoms with Gasteiger partial charge in [-0.25, -0.2) is 0 Å². The minimum absolute atomic E-state index is 0.225. The first kappa shape index (κ1) is 19.4. The third-order valence-electron chi connectivity index (χ3n) is 6.16. The number of morpholine rings is 1. The zero-order valence-electron chi connectivity index (χ0n) is 15.5. The number of carbonyl (C=O) groups is 1. The number of ether oxygens (including phenoxy) is 1. The number of amides is 1. The van der Waals surface area contributed by atoms with Crippen LogP contribution in [-0.4, -0.2) is 84.6 Å². The van der Waals surface area contributed by atoms with Gasteiger partial charge in [0.25, 0.3) is 0 Å². The third-order valence-corrected chi connectivity index (χ3v) is 6.81. The van der Waals surface area contributed by atoms with Crippen molar-refractivity contribution in [3.8, 4) is 0 Å². The summed E-state index contributed by atoms with van der Waals surface area (Å²) in [5.41, 5.74) is 0.678. The fourth-order valence-corrected chi connectivity index (χ4v) is 4.96. The van der Waals surface area contributed by atoms with Gasteiger partial charge in [0.15, 0.2) is 0 Å². The van der Waals surface area contributed by atoms with Gasteiger partial charge in [0.2, 0.25) is 5.91 Å². The van der Waals surface area contributed by atoms with Gasteiger partial charge in [-0.05, 0) is 19.4 Å². The second-order valence-electron chi connectivity index (χ2n) is 7.82. The highest BCUT2D eigenvalue weighted by Crippen LogP contribution is 2.41. The average Bonchev–Trinajstić information content (AvgIpc) is 3.22. The van der Waals surface area contributed by atoms with E-state index in [2.05, 4.69) is 19.7 Å². The lowest BCUT2D eigenvalue weighted by atomic mass is 9.85. The lowest BCUT2D eigenvalue weighted by Crippen LogP contribution is -2.43. The predicted octanol–water partition coefficient (Wildman–Crippen LogP) is 2.14. The Balaban J connectivity index is 1.34. The fourth-order valence-electron chi connectivity index (χ4n) is 4.48. The Morgan fingerprint density at radius 3 is 2.44 bits per heavy atom. The van der Waals surface area contributed by atoms with Crippen LogP contribution in [0.4, 0.5) is 0 Å². The number of hydrogen-bond donors (Lipinski definition) is 0. The molecule has 1 aromatic rings. The zero-order chi connectivity index (χ0) is 18.9. The van der Waals surface area contributed by atoms with Crippen molar-refractivity contribution in [1.82, 2.24) is 19.7 Å². The molecule has 3 aliphatic heterocycles. The number of pyridine rings is 1. The largest absolute Gasteiger partial charge is 0.379 e. The van der Waals surface area contributed by atoms with E-state index in [1.54, 1.807) is 12.4 Å². The molecule has 4 rings (SSSR count). The summed E-state index contributed by atoms with van der Waals surface area (Å²) >= 11 is 12.5. The van der Waals surface area contributed by atoms with Crippen LogP contribution >= 0.6 is 23.2 Å². The number of carbonyl (C=O) groups excluding carboxylic acids is 1. The normalized spacial score (nSPS) is 27.2. The van der Waals surface area contributed by atoms with Gasteiger partial charge in [-0.3, -0.25) is 19.6 Å². The van der Waals surface area contributed by atoms with E-state index in [9.17, 15) is 4.79 Å². The molecule has 0 aromatic carbocycles. The van der Waals surface area contributed by atoms with Crippen LogP contribution in [-0.2, 0) is 16.1 Å². The van der Waals surface area contributed by atoms with Crippen molar-refractivity contribution in [1.29, 1.82) is 0 Å². The van der Waals surface area contributed by atoms with E-state index in [0.717, 1.165) is 77.4 Å². The van der Waals surface area contributed by atoms with Crippen LogP contribution < -0.4 is 0 Å². The van der Waals surface area contributed by atoms with E-state index in [0.29, 0.717) is 22.5 Å². The van der Waals surface area contributed by atoms with Crippen molar-refractivity contribution < 1.29 is 9.53 Å².